The van der Waals surface area contributed by atoms with Crippen molar-refractivity contribution in [2.75, 3.05) is 0 Å². The van der Waals surface area contributed by atoms with E-state index < -0.39 is 10.0 Å². The first-order valence-corrected chi connectivity index (χ1v) is 4.64. The fourth-order valence-electron chi connectivity index (χ4n) is 0.706. The monoisotopic (exact) mass is 171 g/mol. The molecule has 0 aliphatic rings. The van der Waals surface area contributed by atoms with Crippen LogP contribution in [0, 0.1) is 7.05 Å². The molecule has 0 heterocycles. The summed E-state index contributed by atoms with van der Waals surface area (Å²) in [6.45, 7) is 0. The van der Waals surface area contributed by atoms with Crippen LogP contribution in [0.2, 0.25) is 0 Å². The van der Waals surface area contributed by atoms with Crippen LogP contribution in [0.3, 0.4) is 0 Å². The maximum absolute atomic E-state index is 11.1. The number of hydrogen-bond acceptors (Lipinski definition) is 2. The molecule has 0 saturated heterocycles. The van der Waals surface area contributed by atoms with Crippen molar-refractivity contribution in [3.05, 3.63) is 37.4 Å². The molecule has 0 fully saturated rings. The van der Waals surface area contributed by atoms with E-state index in [9.17, 15) is 8.42 Å². The van der Waals surface area contributed by atoms with Gasteiger partial charge >= 0.3 is 0 Å². The second-order valence-electron chi connectivity index (χ2n) is 2.02. The molecule has 0 aliphatic carbocycles. The van der Waals surface area contributed by atoms with E-state index in [0.717, 1.165) is 4.72 Å². The third-order valence-corrected chi connectivity index (χ3v) is 2.66. The third-order valence-electron chi connectivity index (χ3n) is 1.29. The molecule has 1 rings (SSSR count). The molecule has 0 atom stereocenters. The highest BCUT2D eigenvalue weighted by molar-refractivity contribution is 7.84. The maximum atomic E-state index is 11.1. The Balaban J connectivity index is 3.14. The lowest BCUT2D eigenvalue weighted by molar-refractivity contribution is -0.424. The summed E-state index contributed by atoms with van der Waals surface area (Å²) in [5, 5.41) is 0. The molecule has 0 bridgehead atoms. The Bertz CT molecular complexity index is 318. The molecule has 0 saturated carbocycles. The van der Waals surface area contributed by atoms with Crippen molar-refractivity contribution in [2.45, 2.75) is 4.90 Å². The Hall–Kier alpha value is -0.870. The minimum absolute atomic E-state index is 0.287. The Labute approximate surface area is 66.1 Å². The fraction of sp³-hybridized carbons (Fsp3) is 0. The Kier molecular flexibility index (Phi) is 2.26. The first kappa shape index (κ1) is 8.23. The largest absolute Gasteiger partial charge is 0.367 e. The lowest BCUT2D eigenvalue weighted by Gasteiger charge is -2.00. The number of hydrogen-bond donors (Lipinski definition) is 1. The van der Waals surface area contributed by atoms with Gasteiger partial charge in [0.1, 0.15) is 4.90 Å². The van der Waals surface area contributed by atoms with Crippen LogP contribution in [0.5, 0.6) is 0 Å². The van der Waals surface area contributed by atoms with Crippen LogP contribution >= 0.6 is 0 Å². The van der Waals surface area contributed by atoms with Gasteiger partial charge in [-0.3, -0.25) is 0 Å². The summed E-state index contributed by atoms with van der Waals surface area (Å²) in [4.78, 5) is 0.287. The molecular formula is C7H9NO2S. The molecular weight excluding hydrogens is 162 g/mol. The summed E-state index contributed by atoms with van der Waals surface area (Å²) in [6.07, 6.45) is 0. The molecule has 4 heteroatoms. The van der Waals surface area contributed by atoms with Gasteiger partial charge in [0, 0.05) is 0 Å². The number of rotatable bonds is 2. The van der Waals surface area contributed by atoms with Crippen LogP contribution in [-0.2, 0) is 10.0 Å². The van der Waals surface area contributed by atoms with Crippen molar-refractivity contribution in [1.29, 1.82) is 0 Å². The van der Waals surface area contributed by atoms with E-state index in [4.69, 9.17) is 0 Å². The van der Waals surface area contributed by atoms with Crippen LogP contribution in [0.25, 0.3) is 0 Å². The molecule has 3 nitrogen and oxygen atoms in total. The summed E-state index contributed by atoms with van der Waals surface area (Å²) >= 11 is 0. The molecule has 0 aromatic heterocycles. The first-order valence-electron chi connectivity index (χ1n) is 3.09. The van der Waals surface area contributed by atoms with Crippen molar-refractivity contribution in [3.8, 4) is 0 Å². The summed E-state index contributed by atoms with van der Waals surface area (Å²) < 4.78 is 23.1. The summed E-state index contributed by atoms with van der Waals surface area (Å²) in [6, 6.07) is 8.20. The highest BCUT2D eigenvalue weighted by atomic mass is 32.2. The quantitative estimate of drug-likeness (QED) is 0.623. The van der Waals surface area contributed by atoms with Crippen LogP contribution in [0.4, 0.5) is 0 Å². The number of primary sulfonamides is 1. The van der Waals surface area contributed by atoms with Crippen molar-refractivity contribution >= 4 is 10.0 Å². The van der Waals surface area contributed by atoms with Gasteiger partial charge < -0.3 is 4.72 Å². The second kappa shape index (κ2) is 3.02. The average Bonchev–Trinajstić information content (AvgIpc) is 2.06. The topological polar surface area (TPSA) is 50.8 Å². The van der Waals surface area contributed by atoms with Gasteiger partial charge in [0.2, 0.25) is 0 Å². The SMILES string of the molecule is [CH2-][NH2+]S(=O)(=O)c1ccccc1. The van der Waals surface area contributed by atoms with E-state index in [0.29, 0.717) is 0 Å². The smallest absolute Gasteiger partial charge is 0.299 e. The number of quaternary nitrogens is 1. The van der Waals surface area contributed by atoms with Crippen LogP contribution in [0.15, 0.2) is 35.2 Å². The van der Waals surface area contributed by atoms with Crippen LogP contribution < -0.4 is 4.72 Å². The standard InChI is InChI=1S/C7H9NO2S/c1-8-11(9,10)7-5-3-2-4-6-7/h2-6H,1,8H2. The zero-order chi connectivity index (χ0) is 8.32. The zero-order valence-electron chi connectivity index (χ0n) is 5.90. The summed E-state index contributed by atoms with van der Waals surface area (Å²) in [5.41, 5.74) is 0. The minimum atomic E-state index is -3.23. The second-order valence-corrected chi connectivity index (χ2v) is 3.92. The normalized spacial score (nSPS) is 11.4. The van der Waals surface area contributed by atoms with E-state index >= 15 is 0 Å². The minimum Gasteiger partial charge on any atom is -0.367 e. The Morgan fingerprint density at radius 2 is 1.73 bits per heavy atom. The predicted octanol–water partition coefficient (Wildman–Crippen LogP) is -0.270. The molecule has 0 unspecified atom stereocenters. The third kappa shape index (κ3) is 1.78. The highest BCUT2D eigenvalue weighted by Gasteiger charge is 2.09. The van der Waals surface area contributed by atoms with Crippen molar-refractivity contribution in [1.82, 2.24) is 0 Å². The molecule has 0 spiro atoms. The van der Waals surface area contributed by atoms with Crippen LogP contribution in [0.1, 0.15) is 0 Å². The molecule has 1 aromatic rings. The van der Waals surface area contributed by atoms with Gasteiger partial charge in [-0.25, -0.2) is 0 Å². The predicted molar refractivity (Wildman–Crippen MR) is 40.9 cm³/mol. The van der Waals surface area contributed by atoms with Crippen LogP contribution in [-0.4, -0.2) is 8.42 Å². The van der Waals surface area contributed by atoms with E-state index in [2.05, 4.69) is 7.05 Å². The van der Waals surface area contributed by atoms with Crippen molar-refractivity contribution in [3.63, 3.8) is 0 Å². The molecule has 2 N–H and O–H groups in total. The van der Waals surface area contributed by atoms with Gasteiger partial charge in [0.25, 0.3) is 10.0 Å². The molecule has 11 heavy (non-hydrogen) atoms. The Morgan fingerprint density at radius 3 is 2.18 bits per heavy atom. The number of sulfonamides is 1. The fourth-order valence-corrected chi connectivity index (χ4v) is 1.44. The number of benzene rings is 1. The van der Waals surface area contributed by atoms with E-state index in [1.165, 1.54) is 12.1 Å². The lowest BCUT2D eigenvalue weighted by atomic mass is 10.4. The molecule has 0 aliphatic heterocycles. The molecule has 0 radical (unpaired) electrons. The molecule has 60 valence electrons. The van der Waals surface area contributed by atoms with Crippen molar-refractivity contribution in [2.24, 2.45) is 0 Å². The van der Waals surface area contributed by atoms with Crippen molar-refractivity contribution < 1.29 is 13.1 Å². The van der Waals surface area contributed by atoms with Gasteiger partial charge in [-0.05, 0) is 12.1 Å². The van der Waals surface area contributed by atoms with E-state index in [1.54, 1.807) is 18.2 Å². The van der Waals surface area contributed by atoms with Gasteiger partial charge in [-0.1, -0.05) is 18.2 Å². The zero-order valence-corrected chi connectivity index (χ0v) is 6.71. The van der Waals surface area contributed by atoms with E-state index in [-0.39, 0.29) is 4.90 Å². The number of nitrogens with two attached hydrogens (primary N) is 1. The van der Waals surface area contributed by atoms with Gasteiger partial charge in [-0.15, -0.1) is 7.05 Å². The van der Waals surface area contributed by atoms with Gasteiger partial charge in [0.05, 0.1) is 0 Å². The summed E-state index contributed by atoms with van der Waals surface area (Å²) in [5.74, 6) is 0. The van der Waals surface area contributed by atoms with Gasteiger partial charge in [-0.2, -0.15) is 8.42 Å². The first-order chi connectivity index (χ1) is 5.17. The summed E-state index contributed by atoms with van der Waals surface area (Å²) in [7, 11) is -0.0135. The van der Waals surface area contributed by atoms with Gasteiger partial charge in [0.15, 0.2) is 0 Å². The molecule has 1 aromatic carbocycles. The Morgan fingerprint density at radius 1 is 1.18 bits per heavy atom. The lowest BCUT2D eigenvalue weighted by Crippen LogP contribution is -2.80. The molecule has 0 amide bonds. The maximum Gasteiger partial charge on any atom is 0.299 e. The average molecular weight is 171 g/mol. The van der Waals surface area contributed by atoms with E-state index in [1.807, 2.05) is 0 Å². The highest BCUT2D eigenvalue weighted by Crippen LogP contribution is 2.02.